The lowest BCUT2D eigenvalue weighted by Crippen LogP contribution is -2.11. The first-order valence-corrected chi connectivity index (χ1v) is 4.66. The summed E-state index contributed by atoms with van der Waals surface area (Å²) in [6, 6.07) is 0. The monoisotopic (exact) mass is 189 g/mol. The Kier molecular flexibility index (Phi) is 16.0. The fourth-order valence-electron chi connectivity index (χ4n) is 0.625. The van der Waals surface area contributed by atoms with E-state index >= 15 is 0 Å². The lowest BCUT2D eigenvalue weighted by atomic mass is 10.4. The molecule has 0 unspecified atom stereocenters. The standard InChI is InChI=1S/C4H9N.C3H7NO.C2H7N/c1-2-4-5-3-1;1-3(5)4-2;1-3-2/h5H,1-4H2;1-2H3,(H,4,5);3H,1-2H3. The predicted octanol–water partition coefficient (Wildman–Crippen LogP) is -0.0423. The molecule has 1 amide bonds. The number of hydrogen-bond donors (Lipinski definition) is 3. The number of hydrogen-bond acceptors (Lipinski definition) is 3. The van der Waals surface area contributed by atoms with Gasteiger partial charge in [-0.1, -0.05) is 0 Å². The molecule has 80 valence electrons. The van der Waals surface area contributed by atoms with Gasteiger partial charge in [-0.2, -0.15) is 0 Å². The lowest BCUT2D eigenvalue weighted by molar-refractivity contribution is -0.118. The van der Waals surface area contributed by atoms with Crippen LogP contribution in [0.25, 0.3) is 0 Å². The number of nitrogens with one attached hydrogen (secondary N) is 3. The van der Waals surface area contributed by atoms with Gasteiger partial charge >= 0.3 is 0 Å². The van der Waals surface area contributed by atoms with Crippen LogP contribution in [0, 0.1) is 0 Å². The summed E-state index contributed by atoms with van der Waals surface area (Å²) in [5.41, 5.74) is 0. The number of carbonyl (C=O) groups is 1. The molecule has 0 saturated carbocycles. The number of carbonyl (C=O) groups excluding carboxylic acids is 1. The van der Waals surface area contributed by atoms with Crippen LogP contribution in [-0.4, -0.2) is 40.1 Å². The van der Waals surface area contributed by atoms with E-state index < -0.39 is 0 Å². The van der Waals surface area contributed by atoms with Crippen LogP contribution in [0.1, 0.15) is 19.8 Å². The van der Waals surface area contributed by atoms with Crippen molar-refractivity contribution in [2.75, 3.05) is 34.2 Å². The molecule has 1 fully saturated rings. The topological polar surface area (TPSA) is 53.2 Å². The molecule has 0 radical (unpaired) electrons. The molecule has 0 aliphatic carbocycles. The van der Waals surface area contributed by atoms with Crippen LogP contribution in [0.3, 0.4) is 0 Å². The second kappa shape index (κ2) is 13.9. The van der Waals surface area contributed by atoms with E-state index in [-0.39, 0.29) is 5.91 Å². The SMILES string of the molecule is C1CCNC1.CNC.CNC(C)=O. The van der Waals surface area contributed by atoms with Crippen molar-refractivity contribution in [2.24, 2.45) is 0 Å². The van der Waals surface area contributed by atoms with Crippen LogP contribution in [0.4, 0.5) is 0 Å². The van der Waals surface area contributed by atoms with Gasteiger partial charge in [0, 0.05) is 14.0 Å². The van der Waals surface area contributed by atoms with Gasteiger partial charge in [-0.15, -0.1) is 0 Å². The smallest absolute Gasteiger partial charge is 0.216 e. The minimum atomic E-state index is 0.00463. The molecule has 1 rings (SSSR count). The first-order chi connectivity index (χ1) is 6.18. The molecule has 0 atom stereocenters. The highest BCUT2D eigenvalue weighted by molar-refractivity contribution is 5.72. The maximum Gasteiger partial charge on any atom is 0.216 e. The Morgan fingerprint density at radius 3 is 1.54 bits per heavy atom. The minimum Gasteiger partial charge on any atom is -0.359 e. The van der Waals surface area contributed by atoms with Crippen molar-refractivity contribution in [1.82, 2.24) is 16.0 Å². The predicted molar refractivity (Wildman–Crippen MR) is 56.8 cm³/mol. The third kappa shape index (κ3) is 24.6. The van der Waals surface area contributed by atoms with Crippen molar-refractivity contribution < 1.29 is 4.79 Å². The lowest BCUT2D eigenvalue weighted by Gasteiger charge is -1.80. The highest BCUT2D eigenvalue weighted by Gasteiger charge is 1.93. The summed E-state index contributed by atoms with van der Waals surface area (Å²) in [7, 11) is 5.35. The Morgan fingerprint density at radius 2 is 1.46 bits per heavy atom. The van der Waals surface area contributed by atoms with Crippen LogP contribution in [0.15, 0.2) is 0 Å². The van der Waals surface area contributed by atoms with Crippen LogP contribution in [-0.2, 0) is 4.79 Å². The summed E-state index contributed by atoms with van der Waals surface area (Å²) in [6.07, 6.45) is 2.78. The Bertz CT molecular complexity index is 95.4. The third-order valence-electron chi connectivity index (χ3n) is 1.31. The van der Waals surface area contributed by atoms with E-state index in [2.05, 4.69) is 16.0 Å². The maximum atomic E-state index is 9.70. The quantitative estimate of drug-likeness (QED) is 0.501. The second-order valence-corrected chi connectivity index (χ2v) is 2.76. The molecular formula is C9H23N3O. The highest BCUT2D eigenvalue weighted by Crippen LogP contribution is 1.90. The van der Waals surface area contributed by atoms with Crippen LogP contribution in [0.2, 0.25) is 0 Å². The van der Waals surface area contributed by atoms with Crippen LogP contribution >= 0.6 is 0 Å². The van der Waals surface area contributed by atoms with Gasteiger partial charge in [-0.05, 0) is 40.0 Å². The van der Waals surface area contributed by atoms with Crippen molar-refractivity contribution >= 4 is 5.91 Å². The number of amides is 1. The molecule has 0 aromatic carbocycles. The van der Waals surface area contributed by atoms with Crippen molar-refractivity contribution in [1.29, 1.82) is 0 Å². The van der Waals surface area contributed by atoms with E-state index in [1.54, 1.807) is 7.05 Å². The van der Waals surface area contributed by atoms with E-state index in [1.807, 2.05) is 14.1 Å². The molecule has 4 heteroatoms. The molecule has 1 saturated heterocycles. The molecule has 1 aliphatic heterocycles. The van der Waals surface area contributed by atoms with Gasteiger partial charge in [0.1, 0.15) is 0 Å². The summed E-state index contributed by atoms with van der Waals surface area (Å²) in [5, 5.41) is 8.36. The van der Waals surface area contributed by atoms with E-state index in [1.165, 1.54) is 32.9 Å². The summed E-state index contributed by atoms with van der Waals surface area (Å²) >= 11 is 0. The summed E-state index contributed by atoms with van der Waals surface area (Å²) in [5.74, 6) is 0.00463. The summed E-state index contributed by atoms with van der Waals surface area (Å²) in [4.78, 5) is 9.70. The van der Waals surface area contributed by atoms with Crippen LogP contribution in [0.5, 0.6) is 0 Å². The fourth-order valence-corrected chi connectivity index (χ4v) is 0.625. The van der Waals surface area contributed by atoms with E-state index in [4.69, 9.17) is 0 Å². The largest absolute Gasteiger partial charge is 0.359 e. The Hall–Kier alpha value is -0.610. The Labute approximate surface area is 81.5 Å². The number of rotatable bonds is 0. The molecule has 13 heavy (non-hydrogen) atoms. The van der Waals surface area contributed by atoms with Gasteiger partial charge in [0.15, 0.2) is 0 Å². The normalized spacial score (nSPS) is 13.2. The van der Waals surface area contributed by atoms with Crippen molar-refractivity contribution in [3.05, 3.63) is 0 Å². The third-order valence-corrected chi connectivity index (χ3v) is 1.31. The summed E-state index contributed by atoms with van der Waals surface area (Å²) in [6.45, 7) is 3.97. The van der Waals surface area contributed by atoms with Gasteiger partial charge in [-0.25, -0.2) is 0 Å². The van der Waals surface area contributed by atoms with E-state index in [0.717, 1.165) is 0 Å². The average molecular weight is 189 g/mol. The molecule has 1 heterocycles. The average Bonchev–Trinajstić information content (AvgIpc) is 2.62. The molecule has 0 aromatic rings. The molecule has 0 bridgehead atoms. The zero-order valence-electron chi connectivity index (χ0n) is 9.24. The van der Waals surface area contributed by atoms with Crippen LogP contribution < -0.4 is 16.0 Å². The van der Waals surface area contributed by atoms with Crippen molar-refractivity contribution in [3.8, 4) is 0 Å². The van der Waals surface area contributed by atoms with Crippen molar-refractivity contribution in [3.63, 3.8) is 0 Å². The molecule has 0 aromatic heterocycles. The summed E-state index contributed by atoms with van der Waals surface area (Å²) < 4.78 is 0. The zero-order valence-corrected chi connectivity index (χ0v) is 9.24. The fraction of sp³-hybridized carbons (Fsp3) is 0.889. The molecular weight excluding hydrogens is 166 g/mol. The molecule has 3 N–H and O–H groups in total. The Morgan fingerprint density at radius 1 is 1.15 bits per heavy atom. The van der Waals surface area contributed by atoms with Gasteiger partial charge in [0.2, 0.25) is 5.91 Å². The van der Waals surface area contributed by atoms with Gasteiger partial charge in [-0.3, -0.25) is 4.79 Å². The highest BCUT2D eigenvalue weighted by atomic mass is 16.1. The zero-order chi connectivity index (χ0) is 10.5. The van der Waals surface area contributed by atoms with E-state index in [0.29, 0.717) is 0 Å². The molecule has 1 aliphatic rings. The Balaban J connectivity index is 0. The minimum absolute atomic E-state index is 0.00463. The van der Waals surface area contributed by atoms with Gasteiger partial charge < -0.3 is 16.0 Å². The van der Waals surface area contributed by atoms with E-state index in [9.17, 15) is 4.79 Å². The first kappa shape index (κ1) is 14.9. The second-order valence-electron chi connectivity index (χ2n) is 2.76. The molecule has 0 spiro atoms. The van der Waals surface area contributed by atoms with Gasteiger partial charge in [0.25, 0.3) is 0 Å². The maximum absolute atomic E-state index is 9.70. The molecule has 4 nitrogen and oxygen atoms in total. The first-order valence-electron chi connectivity index (χ1n) is 4.66. The van der Waals surface area contributed by atoms with Crippen molar-refractivity contribution in [2.45, 2.75) is 19.8 Å². The van der Waals surface area contributed by atoms with Gasteiger partial charge in [0.05, 0.1) is 0 Å².